The normalized spacial score (nSPS) is 27.5. The topological polar surface area (TPSA) is 58.6 Å². The quantitative estimate of drug-likeness (QED) is 0.817. The number of alkyl halides is 3. The Bertz CT molecular complexity index is 781. The van der Waals surface area contributed by atoms with E-state index in [0.717, 1.165) is 25.0 Å². The van der Waals surface area contributed by atoms with Crippen LogP contribution in [0.1, 0.15) is 62.4 Å². The second-order valence-corrected chi connectivity index (χ2v) is 8.39. The molecule has 1 aliphatic heterocycles. The molecule has 3 rings (SSSR count). The molecule has 1 saturated heterocycles. The maximum Gasteiger partial charge on any atom is 0.416 e. The molecule has 1 aromatic carbocycles. The smallest absolute Gasteiger partial charge is 0.353 e. The number of nitrogens with one attached hydrogen (secondary N) is 1. The number of amides is 2. The lowest BCUT2D eigenvalue weighted by Crippen LogP contribution is -2.57. The van der Waals surface area contributed by atoms with Gasteiger partial charge in [-0.1, -0.05) is 19.4 Å². The molecule has 0 bridgehead atoms. The third-order valence-corrected chi connectivity index (χ3v) is 5.58. The Morgan fingerprint density at radius 1 is 1.31 bits per heavy atom. The number of carbonyl (C=O) groups excluding carboxylic acids is 2. The number of rotatable bonds is 3. The van der Waals surface area contributed by atoms with Gasteiger partial charge in [0.2, 0.25) is 5.91 Å². The van der Waals surface area contributed by atoms with Crippen LogP contribution in [0, 0.1) is 5.92 Å². The van der Waals surface area contributed by atoms with E-state index in [-0.39, 0.29) is 30.0 Å². The third kappa shape index (κ3) is 4.42. The van der Waals surface area contributed by atoms with Crippen molar-refractivity contribution in [3.05, 3.63) is 35.4 Å². The molecule has 1 aliphatic carbocycles. The first-order valence-corrected chi connectivity index (χ1v) is 9.99. The minimum atomic E-state index is -4.55. The van der Waals surface area contributed by atoms with E-state index in [1.807, 2.05) is 13.8 Å². The van der Waals surface area contributed by atoms with Gasteiger partial charge in [-0.15, -0.1) is 0 Å². The maximum absolute atomic E-state index is 13.4. The summed E-state index contributed by atoms with van der Waals surface area (Å²) in [7, 11) is 0. The largest absolute Gasteiger partial charge is 0.416 e. The Kier molecular flexibility index (Phi) is 5.94. The molecule has 2 amide bonds. The molecule has 2 fully saturated rings. The summed E-state index contributed by atoms with van der Waals surface area (Å²) in [6, 6.07) is 3.34. The SMILES string of the molecule is CC1CCCC2(C1)OCC(C(=O)NC(C)C)N2C(=O)c1cccc(C(F)(F)F)c1. The van der Waals surface area contributed by atoms with Crippen molar-refractivity contribution in [2.75, 3.05) is 6.61 Å². The zero-order valence-corrected chi connectivity index (χ0v) is 16.9. The van der Waals surface area contributed by atoms with Gasteiger partial charge in [0.25, 0.3) is 5.91 Å². The summed E-state index contributed by atoms with van der Waals surface area (Å²) in [4.78, 5) is 27.6. The first-order valence-electron chi connectivity index (χ1n) is 9.99. The monoisotopic (exact) mass is 412 g/mol. The summed E-state index contributed by atoms with van der Waals surface area (Å²) in [5, 5.41) is 2.80. The number of nitrogens with zero attached hydrogens (tertiary/aromatic N) is 1. The summed E-state index contributed by atoms with van der Waals surface area (Å²) in [5.74, 6) is -0.672. The first kappa shape index (κ1) is 21.6. The zero-order valence-electron chi connectivity index (χ0n) is 16.9. The molecule has 0 radical (unpaired) electrons. The van der Waals surface area contributed by atoms with E-state index in [1.54, 1.807) is 0 Å². The third-order valence-electron chi connectivity index (χ3n) is 5.58. The van der Waals surface area contributed by atoms with Crippen LogP contribution in [0.5, 0.6) is 0 Å². The standard InChI is InChI=1S/C21H27F3N2O3/c1-13(2)25-18(27)17-12-29-20(9-5-6-14(3)11-20)26(17)19(28)15-7-4-8-16(10-15)21(22,23)24/h4,7-8,10,13-14,17H,5-6,9,11-12H2,1-3H3,(H,25,27). The molecule has 1 aromatic rings. The molecule has 1 saturated carbocycles. The number of halogens is 3. The van der Waals surface area contributed by atoms with Gasteiger partial charge in [0.05, 0.1) is 12.2 Å². The predicted octanol–water partition coefficient (Wildman–Crippen LogP) is 3.98. The molecule has 2 aliphatic rings. The van der Waals surface area contributed by atoms with E-state index in [4.69, 9.17) is 4.74 Å². The highest BCUT2D eigenvalue weighted by atomic mass is 19.4. The van der Waals surface area contributed by atoms with Gasteiger partial charge in [-0.2, -0.15) is 13.2 Å². The van der Waals surface area contributed by atoms with Crippen molar-refractivity contribution >= 4 is 11.8 Å². The maximum atomic E-state index is 13.4. The lowest BCUT2D eigenvalue weighted by Gasteiger charge is -2.43. The summed E-state index contributed by atoms with van der Waals surface area (Å²) >= 11 is 0. The average molecular weight is 412 g/mol. The van der Waals surface area contributed by atoms with Crippen LogP contribution >= 0.6 is 0 Å². The average Bonchev–Trinajstić information content (AvgIpc) is 2.98. The van der Waals surface area contributed by atoms with Gasteiger partial charge in [0, 0.05) is 11.6 Å². The summed E-state index contributed by atoms with van der Waals surface area (Å²) in [6.07, 6.45) is -1.62. The molecule has 1 heterocycles. The number of carbonyl (C=O) groups is 2. The molecule has 1 spiro atoms. The van der Waals surface area contributed by atoms with Crippen LogP contribution in [0.2, 0.25) is 0 Å². The Hall–Kier alpha value is -2.09. The highest BCUT2D eigenvalue weighted by molar-refractivity contribution is 5.98. The van der Waals surface area contributed by atoms with Crippen molar-refractivity contribution in [3.8, 4) is 0 Å². The summed E-state index contributed by atoms with van der Waals surface area (Å²) in [6.45, 7) is 5.71. The van der Waals surface area contributed by atoms with Gasteiger partial charge in [0.1, 0.15) is 11.8 Å². The van der Waals surface area contributed by atoms with Crippen LogP contribution < -0.4 is 5.32 Å². The van der Waals surface area contributed by atoms with E-state index < -0.39 is 29.4 Å². The molecule has 8 heteroatoms. The van der Waals surface area contributed by atoms with Gasteiger partial charge < -0.3 is 10.1 Å². The van der Waals surface area contributed by atoms with E-state index in [0.29, 0.717) is 12.8 Å². The molecule has 5 nitrogen and oxygen atoms in total. The second kappa shape index (κ2) is 7.97. The molecule has 0 aromatic heterocycles. The van der Waals surface area contributed by atoms with Crippen LogP contribution in [0.3, 0.4) is 0 Å². The van der Waals surface area contributed by atoms with Gasteiger partial charge in [-0.05, 0) is 57.2 Å². The van der Waals surface area contributed by atoms with Crippen LogP contribution in [0.15, 0.2) is 24.3 Å². The minimum absolute atomic E-state index is 0.0377. The Balaban J connectivity index is 1.99. The van der Waals surface area contributed by atoms with E-state index in [1.165, 1.54) is 17.0 Å². The van der Waals surface area contributed by atoms with Crippen LogP contribution in [-0.4, -0.2) is 41.1 Å². The van der Waals surface area contributed by atoms with Gasteiger partial charge in [-0.25, -0.2) is 0 Å². The van der Waals surface area contributed by atoms with Crippen molar-refractivity contribution in [3.63, 3.8) is 0 Å². The fourth-order valence-corrected chi connectivity index (χ4v) is 4.36. The summed E-state index contributed by atoms with van der Waals surface area (Å²) in [5.41, 5.74) is -1.94. The lowest BCUT2D eigenvalue weighted by atomic mass is 9.83. The van der Waals surface area contributed by atoms with Crippen molar-refractivity contribution in [2.45, 2.75) is 70.4 Å². The fraction of sp³-hybridized carbons (Fsp3) is 0.619. The van der Waals surface area contributed by atoms with E-state index >= 15 is 0 Å². The van der Waals surface area contributed by atoms with Gasteiger partial charge in [-0.3, -0.25) is 14.5 Å². The highest BCUT2D eigenvalue weighted by Gasteiger charge is 2.54. The zero-order chi connectivity index (χ0) is 21.4. The molecule has 3 unspecified atom stereocenters. The molecule has 3 atom stereocenters. The lowest BCUT2D eigenvalue weighted by molar-refractivity contribution is -0.137. The number of benzene rings is 1. The van der Waals surface area contributed by atoms with Gasteiger partial charge >= 0.3 is 6.18 Å². The molecular weight excluding hydrogens is 385 g/mol. The molecular formula is C21H27F3N2O3. The second-order valence-electron chi connectivity index (χ2n) is 8.39. The summed E-state index contributed by atoms with van der Waals surface area (Å²) < 4.78 is 45.5. The Labute approximate surface area is 168 Å². The van der Waals surface area contributed by atoms with Crippen molar-refractivity contribution in [1.82, 2.24) is 10.2 Å². The first-order chi connectivity index (χ1) is 13.5. The number of hydrogen-bond donors (Lipinski definition) is 1. The Morgan fingerprint density at radius 3 is 2.66 bits per heavy atom. The van der Waals surface area contributed by atoms with Crippen molar-refractivity contribution < 1.29 is 27.5 Å². The van der Waals surface area contributed by atoms with Gasteiger partial charge in [0.15, 0.2) is 0 Å². The van der Waals surface area contributed by atoms with Crippen LogP contribution in [0.25, 0.3) is 0 Å². The highest BCUT2D eigenvalue weighted by Crippen LogP contribution is 2.43. The molecule has 1 N–H and O–H groups in total. The van der Waals surface area contributed by atoms with Crippen LogP contribution in [0.4, 0.5) is 13.2 Å². The van der Waals surface area contributed by atoms with E-state index in [2.05, 4.69) is 12.2 Å². The van der Waals surface area contributed by atoms with Crippen molar-refractivity contribution in [1.29, 1.82) is 0 Å². The number of ether oxygens (including phenoxy) is 1. The molecule has 160 valence electrons. The molecule has 29 heavy (non-hydrogen) atoms. The minimum Gasteiger partial charge on any atom is -0.353 e. The van der Waals surface area contributed by atoms with Crippen LogP contribution in [-0.2, 0) is 15.7 Å². The fourth-order valence-electron chi connectivity index (χ4n) is 4.36. The predicted molar refractivity (Wildman–Crippen MR) is 101 cm³/mol. The van der Waals surface area contributed by atoms with Crippen molar-refractivity contribution in [2.24, 2.45) is 5.92 Å². The number of hydrogen-bond acceptors (Lipinski definition) is 3. The van der Waals surface area contributed by atoms with E-state index in [9.17, 15) is 22.8 Å². The Morgan fingerprint density at radius 2 is 2.03 bits per heavy atom.